The Hall–Kier alpha value is -3.27. The van der Waals surface area contributed by atoms with E-state index in [2.05, 4.69) is 37.1 Å². The molecule has 0 unspecified atom stereocenters. The topological polar surface area (TPSA) is 109 Å². The van der Waals surface area contributed by atoms with E-state index in [1.54, 1.807) is 18.2 Å². The molecule has 10 heteroatoms. The van der Waals surface area contributed by atoms with E-state index in [9.17, 15) is 18.8 Å². The second-order valence-corrected chi connectivity index (χ2v) is 7.25. The van der Waals surface area contributed by atoms with Crippen molar-refractivity contribution in [3.63, 3.8) is 0 Å². The minimum absolute atomic E-state index is 0.300. The smallest absolute Gasteiger partial charge is 0.329 e. The van der Waals surface area contributed by atoms with E-state index in [1.807, 2.05) is 6.92 Å². The molecule has 2 aromatic rings. The lowest BCUT2D eigenvalue weighted by molar-refractivity contribution is -0.139. The number of anilines is 1. The summed E-state index contributed by atoms with van der Waals surface area (Å²) < 4.78 is 19.2. The average Bonchev–Trinajstić information content (AvgIpc) is 2.74. The molecule has 164 valence electrons. The Morgan fingerprint density at radius 3 is 2.58 bits per heavy atom. The van der Waals surface area contributed by atoms with Crippen LogP contribution in [0.25, 0.3) is 0 Å². The monoisotopic (exact) mass is 492 g/mol. The van der Waals surface area contributed by atoms with Gasteiger partial charge in [0.2, 0.25) is 0 Å². The molecule has 0 bridgehead atoms. The number of halogens is 2. The fraction of sp³-hybridized carbons (Fsp3) is 0.238. The Labute approximate surface area is 187 Å². The van der Waals surface area contributed by atoms with Crippen molar-refractivity contribution in [1.82, 2.24) is 10.7 Å². The molecular weight excluding hydrogens is 471 g/mol. The highest BCUT2D eigenvalue weighted by Crippen LogP contribution is 2.22. The van der Waals surface area contributed by atoms with Crippen molar-refractivity contribution >= 4 is 45.6 Å². The Balaban J connectivity index is 1.93. The number of benzene rings is 2. The molecule has 0 aromatic heterocycles. The minimum atomic E-state index is -0.886. The Kier molecular flexibility index (Phi) is 9.63. The predicted molar refractivity (Wildman–Crippen MR) is 118 cm³/mol. The van der Waals surface area contributed by atoms with Crippen LogP contribution in [0.15, 0.2) is 52.0 Å². The molecule has 0 aliphatic carbocycles. The second-order valence-electron chi connectivity index (χ2n) is 6.33. The van der Waals surface area contributed by atoms with Crippen LogP contribution in [0.2, 0.25) is 0 Å². The fourth-order valence-electron chi connectivity index (χ4n) is 2.30. The number of nitrogens with one attached hydrogen (secondary N) is 3. The van der Waals surface area contributed by atoms with Crippen LogP contribution in [0, 0.1) is 5.82 Å². The van der Waals surface area contributed by atoms with Crippen molar-refractivity contribution in [2.24, 2.45) is 5.10 Å². The molecule has 0 atom stereocenters. The number of ether oxygens (including phenoxy) is 1. The number of hydrazone groups is 1. The maximum Gasteiger partial charge on any atom is 0.329 e. The van der Waals surface area contributed by atoms with E-state index in [1.165, 1.54) is 30.5 Å². The van der Waals surface area contributed by atoms with Crippen molar-refractivity contribution in [3.05, 3.63) is 58.3 Å². The molecule has 2 rings (SSSR count). The summed E-state index contributed by atoms with van der Waals surface area (Å²) in [6.07, 6.45) is 2.97. The molecule has 2 aromatic carbocycles. The zero-order chi connectivity index (χ0) is 22.6. The first-order valence-electron chi connectivity index (χ1n) is 9.48. The number of nitrogens with zero attached hydrogens (tertiary/aromatic N) is 1. The van der Waals surface area contributed by atoms with Gasteiger partial charge in [-0.1, -0.05) is 29.3 Å². The maximum atomic E-state index is 12.9. The summed E-state index contributed by atoms with van der Waals surface area (Å²) in [4.78, 5) is 35.4. The van der Waals surface area contributed by atoms with Gasteiger partial charge in [0.05, 0.1) is 6.21 Å². The highest BCUT2D eigenvalue weighted by atomic mass is 79.9. The normalized spacial score (nSPS) is 10.5. The van der Waals surface area contributed by atoms with Crippen LogP contribution < -0.4 is 20.8 Å². The maximum absolute atomic E-state index is 12.9. The van der Waals surface area contributed by atoms with Gasteiger partial charge in [-0.15, -0.1) is 0 Å². The zero-order valence-electron chi connectivity index (χ0n) is 16.8. The average molecular weight is 493 g/mol. The Morgan fingerprint density at radius 1 is 1.13 bits per heavy atom. The summed E-state index contributed by atoms with van der Waals surface area (Å²) in [6.45, 7) is 2.09. The summed E-state index contributed by atoms with van der Waals surface area (Å²) in [6, 6.07) is 10.3. The molecule has 31 heavy (non-hydrogen) atoms. The third-order valence-corrected chi connectivity index (χ3v) is 4.34. The summed E-state index contributed by atoms with van der Waals surface area (Å²) in [5.41, 5.74) is 3.05. The number of carbonyl (C=O) groups is 3. The van der Waals surface area contributed by atoms with E-state index in [-0.39, 0.29) is 6.61 Å². The number of rotatable bonds is 9. The quantitative estimate of drug-likeness (QED) is 0.216. The lowest BCUT2D eigenvalue weighted by atomic mass is 10.2. The summed E-state index contributed by atoms with van der Waals surface area (Å²) in [5.74, 6) is -2.16. The SMILES string of the molecule is CCCCNC(=O)C(=O)N/N=C\c1cc(Br)ccc1OCC(=O)Nc1ccc(F)cc1. The Morgan fingerprint density at radius 2 is 1.87 bits per heavy atom. The summed E-state index contributed by atoms with van der Waals surface area (Å²) in [5, 5.41) is 8.85. The van der Waals surface area contributed by atoms with E-state index in [4.69, 9.17) is 4.74 Å². The lowest BCUT2D eigenvalue weighted by Gasteiger charge is -2.10. The molecule has 0 fully saturated rings. The van der Waals surface area contributed by atoms with Crippen LogP contribution >= 0.6 is 15.9 Å². The number of unbranched alkanes of at least 4 members (excludes halogenated alkanes) is 1. The molecule has 3 N–H and O–H groups in total. The number of hydrogen-bond donors (Lipinski definition) is 3. The van der Waals surface area contributed by atoms with E-state index < -0.39 is 23.5 Å². The molecule has 0 spiro atoms. The van der Waals surface area contributed by atoms with Crippen molar-refractivity contribution < 1.29 is 23.5 Å². The standard InChI is InChI=1S/C21H22BrFN4O4/c1-2-3-10-24-20(29)21(30)27-25-12-14-11-15(22)4-9-18(14)31-13-19(28)26-17-7-5-16(23)6-8-17/h4-9,11-12H,2-3,10,13H2,1H3,(H,24,29)(H,26,28)(H,27,30)/b25-12-. The zero-order valence-corrected chi connectivity index (χ0v) is 18.4. The van der Waals surface area contributed by atoms with E-state index in [0.29, 0.717) is 23.5 Å². The lowest BCUT2D eigenvalue weighted by Crippen LogP contribution is -2.38. The number of carbonyl (C=O) groups excluding carboxylic acids is 3. The molecule has 0 radical (unpaired) electrons. The molecule has 0 saturated carbocycles. The van der Waals surface area contributed by atoms with E-state index in [0.717, 1.165) is 17.3 Å². The molecule has 0 saturated heterocycles. The highest BCUT2D eigenvalue weighted by Gasteiger charge is 2.12. The largest absolute Gasteiger partial charge is 0.483 e. The second kappa shape index (κ2) is 12.4. The molecule has 3 amide bonds. The van der Waals surface area contributed by atoms with Crippen molar-refractivity contribution in [2.75, 3.05) is 18.5 Å². The van der Waals surface area contributed by atoms with Crippen LogP contribution in [0.1, 0.15) is 25.3 Å². The first-order valence-corrected chi connectivity index (χ1v) is 10.3. The van der Waals surface area contributed by atoms with E-state index >= 15 is 0 Å². The number of hydrogen-bond acceptors (Lipinski definition) is 5. The predicted octanol–water partition coefficient (Wildman–Crippen LogP) is 2.97. The first kappa shape index (κ1) is 24.0. The van der Waals surface area contributed by atoms with Crippen LogP contribution in [0.5, 0.6) is 5.75 Å². The first-order chi connectivity index (χ1) is 14.9. The van der Waals surface area contributed by atoms with Crippen LogP contribution in [-0.2, 0) is 14.4 Å². The third kappa shape index (κ3) is 8.55. The highest BCUT2D eigenvalue weighted by molar-refractivity contribution is 9.10. The van der Waals surface area contributed by atoms with Gasteiger partial charge in [0.25, 0.3) is 5.91 Å². The summed E-state index contributed by atoms with van der Waals surface area (Å²) in [7, 11) is 0. The fourth-order valence-corrected chi connectivity index (χ4v) is 2.67. The van der Waals surface area contributed by atoms with Crippen molar-refractivity contribution in [3.8, 4) is 5.75 Å². The molecule has 0 aliphatic rings. The third-order valence-electron chi connectivity index (χ3n) is 3.85. The van der Waals surface area contributed by atoms with Crippen molar-refractivity contribution in [2.45, 2.75) is 19.8 Å². The van der Waals surface area contributed by atoms with Gasteiger partial charge >= 0.3 is 11.8 Å². The van der Waals surface area contributed by atoms with Gasteiger partial charge < -0.3 is 15.4 Å². The van der Waals surface area contributed by atoms with Gasteiger partial charge in [-0.25, -0.2) is 9.82 Å². The van der Waals surface area contributed by atoms with Gasteiger partial charge in [-0.2, -0.15) is 5.10 Å². The van der Waals surface area contributed by atoms with Gasteiger partial charge in [0.15, 0.2) is 6.61 Å². The van der Waals surface area contributed by atoms with Crippen molar-refractivity contribution in [1.29, 1.82) is 0 Å². The minimum Gasteiger partial charge on any atom is -0.483 e. The Bertz CT molecular complexity index is 951. The van der Waals surface area contributed by atoms with Crippen LogP contribution in [-0.4, -0.2) is 37.1 Å². The van der Waals surface area contributed by atoms with Gasteiger partial charge in [0.1, 0.15) is 11.6 Å². The summed E-state index contributed by atoms with van der Waals surface area (Å²) >= 11 is 3.33. The van der Waals surface area contributed by atoms with Gasteiger partial charge in [0, 0.05) is 22.3 Å². The molecule has 0 aliphatic heterocycles. The van der Waals surface area contributed by atoms with Gasteiger partial charge in [-0.05, 0) is 48.9 Å². The van der Waals surface area contributed by atoms with Gasteiger partial charge in [-0.3, -0.25) is 14.4 Å². The van der Waals surface area contributed by atoms with Crippen LogP contribution in [0.3, 0.4) is 0 Å². The molecule has 8 nitrogen and oxygen atoms in total. The van der Waals surface area contributed by atoms with Crippen LogP contribution in [0.4, 0.5) is 10.1 Å². The molecular formula is C21H22BrFN4O4. The number of amides is 3. The molecule has 0 heterocycles.